The van der Waals surface area contributed by atoms with Gasteiger partial charge in [-0.05, 0) is 83.5 Å². The van der Waals surface area contributed by atoms with Crippen LogP contribution in [0.5, 0.6) is 0 Å². The minimum atomic E-state index is -4.76. The number of carbonyl (C=O) groups excluding carboxylic acids is 3. The van der Waals surface area contributed by atoms with E-state index in [-0.39, 0.29) is 25.9 Å². The van der Waals surface area contributed by atoms with Crippen LogP contribution < -0.4 is 0 Å². The van der Waals surface area contributed by atoms with Crippen LogP contribution in [0.1, 0.15) is 329 Å². The Morgan fingerprint density at radius 1 is 0.350 bits per heavy atom. The van der Waals surface area contributed by atoms with Crippen molar-refractivity contribution < 1.29 is 52.2 Å². The van der Waals surface area contributed by atoms with Crippen molar-refractivity contribution in [3.05, 3.63) is 48.6 Å². The Labute approximate surface area is 492 Å². The number of hydrogen-bond acceptors (Lipinski definition) is 10. The molecule has 0 spiro atoms. The van der Waals surface area contributed by atoms with E-state index in [4.69, 9.17) is 23.3 Å². The predicted molar refractivity (Wildman–Crippen MR) is 335 cm³/mol. The second-order valence-corrected chi connectivity index (χ2v) is 24.1. The number of esters is 3. The summed E-state index contributed by atoms with van der Waals surface area (Å²) in [4.78, 5) is 48.8. The summed E-state index contributed by atoms with van der Waals surface area (Å²) in [6, 6.07) is 0. The zero-order chi connectivity index (χ0) is 58.3. The molecule has 0 heterocycles. The van der Waals surface area contributed by atoms with E-state index in [9.17, 15) is 28.9 Å². The van der Waals surface area contributed by atoms with Gasteiger partial charge in [0.15, 0.2) is 6.10 Å². The van der Waals surface area contributed by atoms with Gasteiger partial charge < -0.3 is 24.2 Å². The molecule has 0 amide bonds. The van der Waals surface area contributed by atoms with Crippen LogP contribution in [0, 0.1) is 0 Å². The standard InChI is InChI=1S/C68H125O11P/c1-4-7-10-13-16-19-22-25-28-30-32-34-37-39-42-45-48-51-54-57-66(70)75-61-65(79-68(72)59-56-53-50-47-44-41-38-35-33-31-29-26-23-20-17-14-11-8-5-2)63-77-80(73,74)76-62-64(60-69)78-67(71)58-55-52-49-46-43-40-36-27-24-21-18-15-12-9-6-3/h17-18,20-21,26-27,29,36,64-65,69H,4-16,19,22-25,28,30-35,37-63H2,1-3H3,(H,73,74)/b20-17-,21-18-,29-26-,36-27-. The molecule has 80 heavy (non-hydrogen) atoms. The highest BCUT2D eigenvalue weighted by atomic mass is 31.2. The Morgan fingerprint density at radius 3 is 0.950 bits per heavy atom. The molecule has 0 saturated carbocycles. The molecule has 11 nitrogen and oxygen atoms in total. The number of allylic oxidation sites excluding steroid dienone is 8. The summed E-state index contributed by atoms with van der Waals surface area (Å²) in [5, 5.41) is 9.85. The maximum absolute atomic E-state index is 13.0. The third kappa shape index (κ3) is 60.0. The molecule has 0 radical (unpaired) electrons. The van der Waals surface area contributed by atoms with Crippen LogP contribution >= 0.6 is 7.82 Å². The van der Waals surface area contributed by atoms with Crippen LogP contribution in [-0.2, 0) is 42.2 Å². The molecule has 0 aliphatic heterocycles. The zero-order valence-corrected chi connectivity index (χ0v) is 53.0. The highest BCUT2D eigenvalue weighted by molar-refractivity contribution is 7.47. The Balaban J connectivity index is 4.68. The number of hydrogen-bond donors (Lipinski definition) is 2. The number of carbonyl (C=O) groups is 3. The lowest BCUT2D eigenvalue weighted by Gasteiger charge is -2.21. The molecule has 0 bridgehead atoms. The smallest absolute Gasteiger partial charge is 0.462 e. The topological polar surface area (TPSA) is 155 Å². The molecule has 0 aromatic heterocycles. The van der Waals surface area contributed by atoms with E-state index >= 15 is 0 Å². The minimum Gasteiger partial charge on any atom is -0.462 e. The maximum Gasteiger partial charge on any atom is 0.472 e. The lowest BCUT2D eigenvalue weighted by molar-refractivity contribution is -0.161. The van der Waals surface area contributed by atoms with Gasteiger partial charge in [0.25, 0.3) is 0 Å². The van der Waals surface area contributed by atoms with Gasteiger partial charge in [0.05, 0.1) is 19.8 Å². The van der Waals surface area contributed by atoms with Crippen molar-refractivity contribution in [3.8, 4) is 0 Å². The second-order valence-electron chi connectivity index (χ2n) is 22.6. The first kappa shape index (κ1) is 77.4. The van der Waals surface area contributed by atoms with Crippen LogP contribution in [0.3, 0.4) is 0 Å². The van der Waals surface area contributed by atoms with Crippen LogP contribution in [0.15, 0.2) is 48.6 Å². The van der Waals surface area contributed by atoms with Crippen LogP contribution in [-0.4, -0.2) is 66.5 Å². The third-order valence-electron chi connectivity index (χ3n) is 14.7. The van der Waals surface area contributed by atoms with Gasteiger partial charge in [0, 0.05) is 19.3 Å². The van der Waals surface area contributed by atoms with Crippen molar-refractivity contribution in [2.45, 2.75) is 341 Å². The second kappa shape index (κ2) is 62.5. The number of phosphoric ester groups is 1. The van der Waals surface area contributed by atoms with E-state index in [0.29, 0.717) is 19.3 Å². The molecule has 2 N–H and O–H groups in total. The third-order valence-corrected chi connectivity index (χ3v) is 15.7. The summed E-state index contributed by atoms with van der Waals surface area (Å²) >= 11 is 0. The molecule has 0 aromatic carbocycles. The molecule has 468 valence electrons. The van der Waals surface area contributed by atoms with Crippen molar-refractivity contribution >= 4 is 25.7 Å². The first-order chi connectivity index (χ1) is 39.2. The Morgan fingerprint density at radius 2 is 0.613 bits per heavy atom. The number of rotatable bonds is 63. The van der Waals surface area contributed by atoms with Gasteiger partial charge in [-0.25, -0.2) is 4.57 Å². The summed E-state index contributed by atoms with van der Waals surface area (Å²) in [7, 11) is -4.76. The van der Waals surface area contributed by atoms with Gasteiger partial charge >= 0.3 is 25.7 Å². The predicted octanol–water partition coefficient (Wildman–Crippen LogP) is 20.5. The van der Waals surface area contributed by atoms with E-state index < -0.39 is 57.8 Å². The molecule has 0 saturated heterocycles. The highest BCUT2D eigenvalue weighted by Gasteiger charge is 2.28. The number of ether oxygens (including phenoxy) is 3. The van der Waals surface area contributed by atoms with Crippen molar-refractivity contribution in [1.82, 2.24) is 0 Å². The fourth-order valence-electron chi connectivity index (χ4n) is 9.60. The first-order valence-corrected chi connectivity index (χ1v) is 35.0. The van der Waals surface area contributed by atoms with Gasteiger partial charge in [-0.1, -0.05) is 275 Å². The number of aliphatic hydroxyl groups is 1. The summed E-state index contributed by atoms with van der Waals surface area (Å²) in [5.41, 5.74) is 0. The van der Waals surface area contributed by atoms with Crippen molar-refractivity contribution in [1.29, 1.82) is 0 Å². The molecule has 0 aliphatic carbocycles. The summed E-state index contributed by atoms with van der Waals surface area (Å²) in [5.74, 6) is -1.46. The van der Waals surface area contributed by atoms with Gasteiger partial charge in [0.1, 0.15) is 12.7 Å². The lowest BCUT2D eigenvalue weighted by Crippen LogP contribution is -2.30. The lowest BCUT2D eigenvalue weighted by atomic mass is 10.0. The fraction of sp³-hybridized carbons (Fsp3) is 0.838. The molecular weight excluding hydrogens is 1020 g/mol. The Kier molecular flexibility index (Phi) is 60.5. The average Bonchev–Trinajstić information content (AvgIpc) is 3.45. The van der Waals surface area contributed by atoms with Gasteiger partial charge in [-0.2, -0.15) is 0 Å². The molecule has 0 aliphatic rings. The van der Waals surface area contributed by atoms with Crippen LogP contribution in [0.2, 0.25) is 0 Å². The largest absolute Gasteiger partial charge is 0.472 e. The molecular formula is C68H125O11P. The Bertz CT molecular complexity index is 1530. The molecule has 3 atom stereocenters. The monoisotopic (exact) mass is 1150 g/mol. The Hall–Kier alpha value is -2.56. The molecule has 0 aromatic rings. The molecule has 0 rings (SSSR count). The first-order valence-electron chi connectivity index (χ1n) is 33.5. The maximum atomic E-state index is 13.0. The molecule has 12 heteroatoms. The van der Waals surface area contributed by atoms with E-state index in [1.54, 1.807) is 0 Å². The SMILES string of the molecule is CCCCC/C=C\C/C=C\CCCCCCCCCCCC(=O)OC(COC(=O)CCCCCCCCCCCCCCCCCCCCC)COP(=O)(O)OCC(CO)OC(=O)CCCCCCC/C=C\C/C=C\CCCCC. The van der Waals surface area contributed by atoms with Crippen molar-refractivity contribution in [2.24, 2.45) is 0 Å². The summed E-state index contributed by atoms with van der Waals surface area (Å²) in [6.07, 6.45) is 69.1. The highest BCUT2D eigenvalue weighted by Crippen LogP contribution is 2.43. The van der Waals surface area contributed by atoms with Gasteiger partial charge in [0.2, 0.25) is 0 Å². The van der Waals surface area contributed by atoms with Crippen LogP contribution in [0.4, 0.5) is 0 Å². The zero-order valence-electron chi connectivity index (χ0n) is 52.1. The molecule has 3 unspecified atom stereocenters. The van der Waals surface area contributed by atoms with E-state index in [2.05, 4.69) is 69.4 Å². The van der Waals surface area contributed by atoms with E-state index in [1.165, 1.54) is 173 Å². The fourth-order valence-corrected chi connectivity index (χ4v) is 10.4. The number of unbranched alkanes of at least 4 members (excludes halogenated alkanes) is 38. The number of phosphoric acid groups is 1. The molecule has 0 fully saturated rings. The van der Waals surface area contributed by atoms with E-state index in [0.717, 1.165) is 96.3 Å². The number of aliphatic hydroxyl groups excluding tert-OH is 1. The van der Waals surface area contributed by atoms with Crippen LogP contribution in [0.25, 0.3) is 0 Å². The minimum absolute atomic E-state index is 0.163. The quantitative estimate of drug-likeness (QED) is 0.0197. The average molecular weight is 1150 g/mol. The van der Waals surface area contributed by atoms with E-state index in [1.807, 2.05) is 0 Å². The summed E-state index contributed by atoms with van der Waals surface area (Å²) < 4.78 is 39.7. The van der Waals surface area contributed by atoms with Gasteiger partial charge in [-0.15, -0.1) is 0 Å². The normalized spacial score (nSPS) is 13.5. The summed E-state index contributed by atoms with van der Waals surface area (Å²) in [6.45, 7) is 4.65. The van der Waals surface area contributed by atoms with Gasteiger partial charge in [-0.3, -0.25) is 23.4 Å². The van der Waals surface area contributed by atoms with Crippen molar-refractivity contribution in [2.75, 3.05) is 26.4 Å². The van der Waals surface area contributed by atoms with Crippen molar-refractivity contribution in [3.63, 3.8) is 0 Å².